The lowest BCUT2D eigenvalue weighted by Gasteiger charge is -2.20. The van der Waals surface area contributed by atoms with Crippen molar-refractivity contribution in [3.63, 3.8) is 0 Å². The number of hydrogen-bond acceptors (Lipinski definition) is 3. The van der Waals surface area contributed by atoms with Gasteiger partial charge < -0.3 is 9.47 Å². The summed E-state index contributed by atoms with van der Waals surface area (Å²) in [5.41, 5.74) is -0.372. The minimum atomic E-state index is -0.372. The van der Waals surface area contributed by atoms with Crippen LogP contribution in [0.25, 0.3) is 0 Å². The van der Waals surface area contributed by atoms with Gasteiger partial charge in [0, 0.05) is 6.61 Å². The number of unbranched alkanes of at least 4 members (excludes halogenated alkanes) is 1. The third-order valence-electron chi connectivity index (χ3n) is 2.54. The van der Waals surface area contributed by atoms with Crippen molar-refractivity contribution < 1.29 is 14.3 Å². The Morgan fingerprint density at radius 3 is 2.33 bits per heavy atom. The standard InChI is InChI=1S/C12H24O3/c1-5-7-8-14-9-10-15-11(13)12(3,4)6-2/h5-10H2,1-4H3. The number of esters is 1. The van der Waals surface area contributed by atoms with Crippen LogP contribution in [0, 0.1) is 5.41 Å². The molecule has 0 heterocycles. The second kappa shape index (κ2) is 7.69. The molecular weight excluding hydrogens is 192 g/mol. The molecule has 0 aromatic rings. The van der Waals surface area contributed by atoms with E-state index in [1.165, 1.54) is 0 Å². The molecule has 0 rings (SSSR count). The van der Waals surface area contributed by atoms with Crippen LogP contribution in [0.1, 0.15) is 47.0 Å². The van der Waals surface area contributed by atoms with Crippen molar-refractivity contribution in [3.8, 4) is 0 Å². The van der Waals surface area contributed by atoms with Gasteiger partial charge in [0.2, 0.25) is 0 Å². The second-order valence-corrected chi connectivity index (χ2v) is 4.34. The van der Waals surface area contributed by atoms with Crippen LogP contribution in [0.15, 0.2) is 0 Å². The van der Waals surface area contributed by atoms with E-state index in [0.717, 1.165) is 25.9 Å². The van der Waals surface area contributed by atoms with E-state index < -0.39 is 0 Å². The summed E-state index contributed by atoms with van der Waals surface area (Å²) in [7, 11) is 0. The lowest BCUT2D eigenvalue weighted by Crippen LogP contribution is -2.27. The van der Waals surface area contributed by atoms with E-state index in [2.05, 4.69) is 6.92 Å². The quantitative estimate of drug-likeness (QED) is 0.462. The van der Waals surface area contributed by atoms with Gasteiger partial charge in [-0.25, -0.2) is 0 Å². The minimum absolute atomic E-state index is 0.135. The van der Waals surface area contributed by atoms with Crippen LogP contribution in [0.5, 0.6) is 0 Å². The Kier molecular flexibility index (Phi) is 7.39. The van der Waals surface area contributed by atoms with E-state index in [1.807, 2.05) is 20.8 Å². The zero-order valence-corrected chi connectivity index (χ0v) is 10.5. The molecule has 0 bridgehead atoms. The van der Waals surface area contributed by atoms with Crippen molar-refractivity contribution in [2.45, 2.75) is 47.0 Å². The van der Waals surface area contributed by atoms with Gasteiger partial charge in [-0.05, 0) is 26.7 Å². The van der Waals surface area contributed by atoms with Gasteiger partial charge >= 0.3 is 5.97 Å². The zero-order chi connectivity index (χ0) is 11.7. The van der Waals surface area contributed by atoms with Crippen LogP contribution in [-0.4, -0.2) is 25.8 Å². The molecule has 0 N–H and O–H groups in total. The summed E-state index contributed by atoms with van der Waals surface area (Å²) in [6.45, 7) is 9.52. The van der Waals surface area contributed by atoms with E-state index in [9.17, 15) is 4.79 Å². The van der Waals surface area contributed by atoms with E-state index in [4.69, 9.17) is 9.47 Å². The third kappa shape index (κ3) is 6.50. The highest BCUT2D eigenvalue weighted by Crippen LogP contribution is 2.21. The second-order valence-electron chi connectivity index (χ2n) is 4.34. The highest BCUT2D eigenvalue weighted by Gasteiger charge is 2.26. The van der Waals surface area contributed by atoms with Crippen LogP contribution in [0.4, 0.5) is 0 Å². The number of rotatable bonds is 8. The van der Waals surface area contributed by atoms with Gasteiger partial charge in [-0.3, -0.25) is 4.79 Å². The molecule has 15 heavy (non-hydrogen) atoms. The first kappa shape index (κ1) is 14.4. The first-order valence-corrected chi connectivity index (χ1v) is 5.79. The Morgan fingerprint density at radius 2 is 1.80 bits per heavy atom. The lowest BCUT2D eigenvalue weighted by molar-refractivity contribution is -0.155. The largest absolute Gasteiger partial charge is 0.463 e. The first-order valence-electron chi connectivity index (χ1n) is 5.79. The fraction of sp³-hybridized carbons (Fsp3) is 0.917. The summed E-state index contributed by atoms with van der Waals surface area (Å²) in [4.78, 5) is 11.5. The SMILES string of the molecule is CCCCOCCOC(=O)C(C)(C)CC. The molecular formula is C12H24O3. The van der Waals surface area contributed by atoms with E-state index in [1.54, 1.807) is 0 Å². The molecule has 3 heteroatoms. The predicted octanol–water partition coefficient (Wildman–Crippen LogP) is 2.78. The molecule has 0 radical (unpaired) electrons. The topological polar surface area (TPSA) is 35.5 Å². The molecule has 0 fully saturated rings. The van der Waals surface area contributed by atoms with Crippen LogP contribution in [0.2, 0.25) is 0 Å². The van der Waals surface area contributed by atoms with Crippen molar-refractivity contribution in [1.82, 2.24) is 0 Å². The van der Waals surface area contributed by atoms with Crippen LogP contribution in [-0.2, 0) is 14.3 Å². The average molecular weight is 216 g/mol. The average Bonchev–Trinajstić information content (AvgIpc) is 2.22. The molecule has 0 aromatic carbocycles. The van der Waals surface area contributed by atoms with Gasteiger partial charge in [-0.2, -0.15) is 0 Å². The summed E-state index contributed by atoms with van der Waals surface area (Å²) in [6.07, 6.45) is 2.99. The lowest BCUT2D eigenvalue weighted by atomic mass is 9.91. The Hall–Kier alpha value is -0.570. The number of carbonyl (C=O) groups excluding carboxylic acids is 1. The van der Waals surface area contributed by atoms with E-state index >= 15 is 0 Å². The first-order chi connectivity index (χ1) is 7.04. The molecule has 0 aromatic heterocycles. The van der Waals surface area contributed by atoms with E-state index in [0.29, 0.717) is 13.2 Å². The monoisotopic (exact) mass is 216 g/mol. The Balaban J connectivity index is 3.47. The van der Waals surface area contributed by atoms with Crippen molar-refractivity contribution >= 4 is 5.97 Å². The molecule has 0 spiro atoms. The molecule has 0 aliphatic heterocycles. The summed E-state index contributed by atoms with van der Waals surface area (Å²) in [5.74, 6) is -0.135. The zero-order valence-electron chi connectivity index (χ0n) is 10.5. The Morgan fingerprint density at radius 1 is 1.13 bits per heavy atom. The molecule has 0 aliphatic carbocycles. The summed E-state index contributed by atoms with van der Waals surface area (Å²) < 4.78 is 10.4. The molecule has 90 valence electrons. The predicted molar refractivity (Wildman–Crippen MR) is 60.8 cm³/mol. The van der Waals surface area contributed by atoms with Crippen molar-refractivity contribution in [2.24, 2.45) is 5.41 Å². The highest BCUT2D eigenvalue weighted by molar-refractivity contribution is 5.75. The fourth-order valence-electron chi connectivity index (χ4n) is 0.881. The molecule has 0 saturated heterocycles. The maximum atomic E-state index is 11.5. The molecule has 0 saturated carbocycles. The maximum absolute atomic E-state index is 11.5. The smallest absolute Gasteiger partial charge is 0.311 e. The van der Waals surface area contributed by atoms with Gasteiger partial charge in [0.05, 0.1) is 12.0 Å². The molecule has 3 nitrogen and oxygen atoms in total. The summed E-state index contributed by atoms with van der Waals surface area (Å²) >= 11 is 0. The molecule has 0 atom stereocenters. The minimum Gasteiger partial charge on any atom is -0.463 e. The molecule has 0 amide bonds. The van der Waals surface area contributed by atoms with Crippen LogP contribution >= 0.6 is 0 Å². The van der Waals surface area contributed by atoms with Crippen LogP contribution in [0.3, 0.4) is 0 Å². The van der Waals surface area contributed by atoms with Gasteiger partial charge in [0.25, 0.3) is 0 Å². The van der Waals surface area contributed by atoms with Gasteiger partial charge in [0.1, 0.15) is 6.61 Å². The van der Waals surface area contributed by atoms with Crippen LogP contribution < -0.4 is 0 Å². The van der Waals surface area contributed by atoms with Crippen molar-refractivity contribution in [2.75, 3.05) is 19.8 Å². The van der Waals surface area contributed by atoms with E-state index in [-0.39, 0.29) is 11.4 Å². The summed E-state index contributed by atoms with van der Waals surface area (Å²) in [6, 6.07) is 0. The van der Waals surface area contributed by atoms with Crippen molar-refractivity contribution in [3.05, 3.63) is 0 Å². The van der Waals surface area contributed by atoms with Crippen molar-refractivity contribution in [1.29, 1.82) is 0 Å². The Labute approximate surface area is 93.1 Å². The highest BCUT2D eigenvalue weighted by atomic mass is 16.6. The number of ether oxygens (including phenoxy) is 2. The Bertz CT molecular complexity index is 176. The number of carbonyl (C=O) groups is 1. The van der Waals surface area contributed by atoms with Gasteiger partial charge in [0.15, 0.2) is 0 Å². The normalized spacial score (nSPS) is 11.5. The molecule has 0 unspecified atom stereocenters. The fourth-order valence-corrected chi connectivity index (χ4v) is 0.881. The maximum Gasteiger partial charge on any atom is 0.311 e. The van der Waals surface area contributed by atoms with Gasteiger partial charge in [-0.1, -0.05) is 20.3 Å². The van der Waals surface area contributed by atoms with Gasteiger partial charge in [-0.15, -0.1) is 0 Å². The number of hydrogen-bond donors (Lipinski definition) is 0. The molecule has 0 aliphatic rings. The summed E-state index contributed by atoms with van der Waals surface area (Å²) in [5, 5.41) is 0. The third-order valence-corrected chi connectivity index (χ3v) is 2.54.